The molecule has 0 bridgehead atoms. The fourth-order valence-electron chi connectivity index (χ4n) is 3.77. The minimum atomic E-state index is -0.170. The van der Waals surface area contributed by atoms with Crippen molar-refractivity contribution < 1.29 is 14.3 Å². The van der Waals surface area contributed by atoms with Crippen molar-refractivity contribution in [2.75, 3.05) is 13.2 Å². The van der Waals surface area contributed by atoms with E-state index < -0.39 is 0 Å². The van der Waals surface area contributed by atoms with E-state index in [9.17, 15) is 9.59 Å². The van der Waals surface area contributed by atoms with Gasteiger partial charge < -0.3 is 9.64 Å². The van der Waals surface area contributed by atoms with E-state index in [0.29, 0.717) is 25.3 Å². The summed E-state index contributed by atoms with van der Waals surface area (Å²) in [5.41, 5.74) is 3.24. The number of hydrogen-bond acceptors (Lipinski definition) is 5. The van der Waals surface area contributed by atoms with Gasteiger partial charge in [0, 0.05) is 30.9 Å². The third-order valence-electron chi connectivity index (χ3n) is 5.61. The van der Waals surface area contributed by atoms with E-state index in [1.807, 2.05) is 50.4 Å². The van der Waals surface area contributed by atoms with E-state index in [-0.39, 0.29) is 23.7 Å². The summed E-state index contributed by atoms with van der Waals surface area (Å²) in [7, 11) is 1.88. The molecule has 4 rings (SSSR count). The molecule has 0 aliphatic heterocycles. The average Bonchev–Trinajstić information content (AvgIpc) is 3.44. The molecule has 1 fully saturated rings. The molecule has 0 N–H and O–H groups in total. The molecule has 1 amide bonds. The largest absolute Gasteiger partial charge is 0.466 e. The van der Waals surface area contributed by atoms with Gasteiger partial charge in [0.2, 0.25) is 0 Å². The lowest BCUT2D eigenvalue weighted by Gasteiger charge is -2.22. The van der Waals surface area contributed by atoms with Crippen LogP contribution in [0.15, 0.2) is 42.6 Å². The van der Waals surface area contributed by atoms with Crippen LogP contribution in [0.3, 0.4) is 0 Å². The Morgan fingerprint density at radius 2 is 2.07 bits per heavy atom. The van der Waals surface area contributed by atoms with E-state index in [2.05, 4.69) is 10.1 Å². The van der Waals surface area contributed by atoms with Gasteiger partial charge in [-0.2, -0.15) is 5.10 Å². The van der Waals surface area contributed by atoms with E-state index in [1.54, 1.807) is 22.7 Å². The summed E-state index contributed by atoms with van der Waals surface area (Å²) in [6, 6.07) is 11.6. The standard InChI is InChI=1S/C23H26N4O3/c1-4-30-23(29)20-11-18(20)13-27(14-19-9-15(2)26(3)25-19)22(28)17-10-16-7-5-6-8-21(16)24-12-17/h5-10,12,18,20H,4,11,13-14H2,1-3H3/t18-,20-/m1/s1. The maximum absolute atomic E-state index is 13.4. The minimum absolute atomic E-state index is 0.105. The van der Waals surface area contributed by atoms with Crippen LogP contribution in [0.25, 0.3) is 10.9 Å². The lowest BCUT2D eigenvalue weighted by Crippen LogP contribution is -2.33. The van der Waals surface area contributed by atoms with Gasteiger partial charge >= 0.3 is 5.97 Å². The fourth-order valence-corrected chi connectivity index (χ4v) is 3.77. The smallest absolute Gasteiger partial charge is 0.309 e. The van der Waals surface area contributed by atoms with Crippen molar-refractivity contribution in [2.45, 2.75) is 26.8 Å². The number of rotatable bonds is 7. The summed E-state index contributed by atoms with van der Waals surface area (Å²) in [5, 5.41) is 5.43. The van der Waals surface area contributed by atoms with Gasteiger partial charge in [0.25, 0.3) is 5.91 Å². The molecule has 156 valence electrons. The van der Waals surface area contributed by atoms with Gasteiger partial charge in [-0.25, -0.2) is 0 Å². The predicted octanol–water partition coefficient (Wildman–Crippen LogP) is 3.12. The number of pyridine rings is 1. The van der Waals surface area contributed by atoms with Gasteiger partial charge in [0.15, 0.2) is 0 Å². The number of fused-ring (bicyclic) bond motifs is 1. The molecular weight excluding hydrogens is 380 g/mol. The molecule has 2 aromatic heterocycles. The first-order valence-electron chi connectivity index (χ1n) is 10.3. The SMILES string of the molecule is CCOC(=O)[C@@H]1C[C@@H]1CN(Cc1cc(C)n(C)n1)C(=O)c1cnc2ccccc2c1. The molecular formula is C23H26N4O3. The quantitative estimate of drug-likeness (QED) is 0.564. The Balaban J connectivity index is 1.56. The third-order valence-corrected chi connectivity index (χ3v) is 5.61. The number of hydrogen-bond donors (Lipinski definition) is 0. The van der Waals surface area contributed by atoms with Crippen LogP contribution in [0.5, 0.6) is 0 Å². The predicted molar refractivity (Wildman–Crippen MR) is 113 cm³/mol. The van der Waals surface area contributed by atoms with Crippen molar-refractivity contribution in [3.63, 3.8) is 0 Å². The molecule has 1 saturated carbocycles. The summed E-state index contributed by atoms with van der Waals surface area (Å²) in [6.45, 7) is 5.04. The van der Waals surface area contributed by atoms with Crippen LogP contribution in [-0.4, -0.2) is 44.7 Å². The number of carbonyl (C=O) groups excluding carboxylic acids is 2. The summed E-state index contributed by atoms with van der Waals surface area (Å²) < 4.78 is 6.94. The van der Waals surface area contributed by atoms with Gasteiger partial charge in [-0.3, -0.25) is 19.3 Å². The van der Waals surface area contributed by atoms with Gasteiger partial charge in [-0.05, 0) is 44.4 Å². The van der Waals surface area contributed by atoms with Crippen molar-refractivity contribution in [1.82, 2.24) is 19.7 Å². The Bertz CT molecular complexity index is 1070. The highest BCUT2D eigenvalue weighted by Gasteiger charge is 2.45. The van der Waals surface area contributed by atoms with E-state index in [0.717, 1.165) is 28.7 Å². The van der Waals surface area contributed by atoms with Crippen molar-refractivity contribution in [2.24, 2.45) is 18.9 Å². The summed E-state index contributed by atoms with van der Waals surface area (Å²) in [5.74, 6) is -0.284. The zero-order valence-corrected chi connectivity index (χ0v) is 17.5. The zero-order valence-electron chi connectivity index (χ0n) is 17.5. The van der Waals surface area contributed by atoms with Crippen LogP contribution in [0.2, 0.25) is 0 Å². The molecule has 0 radical (unpaired) electrons. The second-order valence-electron chi connectivity index (χ2n) is 7.86. The molecule has 1 aromatic carbocycles. The van der Waals surface area contributed by atoms with Gasteiger partial charge in [0.1, 0.15) is 0 Å². The molecule has 1 aliphatic carbocycles. The lowest BCUT2D eigenvalue weighted by molar-refractivity contribution is -0.145. The highest BCUT2D eigenvalue weighted by atomic mass is 16.5. The first-order valence-corrected chi connectivity index (χ1v) is 10.3. The first-order chi connectivity index (χ1) is 14.5. The first kappa shape index (κ1) is 20.1. The maximum atomic E-state index is 13.4. The Morgan fingerprint density at radius 1 is 1.27 bits per heavy atom. The number of amides is 1. The topological polar surface area (TPSA) is 77.3 Å². The number of carbonyl (C=O) groups is 2. The van der Waals surface area contributed by atoms with Gasteiger partial charge in [0.05, 0.1) is 35.8 Å². The lowest BCUT2D eigenvalue weighted by atomic mass is 10.1. The number of esters is 1. The van der Waals surface area contributed by atoms with Gasteiger partial charge in [-0.15, -0.1) is 0 Å². The van der Waals surface area contributed by atoms with Crippen molar-refractivity contribution in [3.8, 4) is 0 Å². The van der Waals surface area contributed by atoms with Crippen molar-refractivity contribution in [1.29, 1.82) is 0 Å². The second kappa shape index (κ2) is 8.26. The van der Waals surface area contributed by atoms with Crippen molar-refractivity contribution in [3.05, 3.63) is 59.5 Å². The van der Waals surface area contributed by atoms with Crippen LogP contribution in [0.1, 0.15) is 35.1 Å². The highest BCUT2D eigenvalue weighted by Crippen LogP contribution is 2.40. The number of ether oxygens (including phenoxy) is 1. The Kier molecular flexibility index (Phi) is 5.53. The van der Waals surface area contributed by atoms with Crippen LogP contribution in [-0.2, 0) is 23.1 Å². The van der Waals surface area contributed by atoms with Gasteiger partial charge in [-0.1, -0.05) is 18.2 Å². The molecule has 1 aliphatic rings. The average molecular weight is 406 g/mol. The monoisotopic (exact) mass is 406 g/mol. The van der Waals surface area contributed by atoms with Crippen LogP contribution in [0, 0.1) is 18.8 Å². The summed E-state index contributed by atoms with van der Waals surface area (Å²) in [6.07, 6.45) is 2.37. The van der Waals surface area contributed by atoms with Crippen LogP contribution < -0.4 is 0 Å². The molecule has 3 aromatic rings. The fraction of sp³-hybridized carbons (Fsp3) is 0.391. The number of para-hydroxylation sites is 1. The highest BCUT2D eigenvalue weighted by molar-refractivity contribution is 5.97. The van der Waals surface area contributed by atoms with Crippen molar-refractivity contribution >= 4 is 22.8 Å². The maximum Gasteiger partial charge on any atom is 0.309 e. The number of aromatic nitrogens is 3. The van der Waals surface area contributed by atoms with Crippen LogP contribution in [0.4, 0.5) is 0 Å². The number of nitrogens with zero attached hydrogens (tertiary/aromatic N) is 4. The molecule has 7 nitrogen and oxygen atoms in total. The van der Waals surface area contributed by atoms with E-state index in [1.165, 1.54) is 0 Å². The number of benzene rings is 1. The molecule has 2 heterocycles. The Morgan fingerprint density at radius 3 is 2.80 bits per heavy atom. The Labute approximate surface area is 175 Å². The zero-order chi connectivity index (χ0) is 21.3. The molecule has 7 heteroatoms. The van der Waals surface area contributed by atoms with E-state index in [4.69, 9.17) is 4.74 Å². The molecule has 0 unspecified atom stereocenters. The van der Waals surface area contributed by atoms with Crippen LogP contribution >= 0.6 is 0 Å². The Hall–Kier alpha value is -3.22. The van der Waals surface area contributed by atoms with E-state index >= 15 is 0 Å². The third kappa shape index (κ3) is 4.20. The molecule has 2 atom stereocenters. The number of aryl methyl sites for hydroxylation is 2. The summed E-state index contributed by atoms with van der Waals surface area (Å²) >= 11 is 0. The minimum Gasteiger partial charge on any atom is -0.466 e. The molecule has 30 heavy (non-hydrogen) atoms. The second-order valence-corrected chi connectivity index (χ2v) is 7.86. The summed E-state index contributed by atoms with van der Waals surface area (Å²) in [4.78, 5) is 31.6. The molecule has 0 saturated heterocycles. The normalized spacial score (nSPS) is 17.7. The molecule has 0 spiro atoms.